The highest BCUT2D eigenvalue weighted by Crippen LogP contribution is 2.16. The van der Waals surface area contributed by atoms with Crippen LogP contribution in [0, 0.1) is 0 Å². The number of allylic oxidation sites excluding steroid dienone is 1. The molecular weight excluding hydrogens is 304 g/mol. The van der Waals surface area contributed by atoms with Crippen LogP contribution in [-0.2, 0) is 4.74 Å². The molecule has 0 spiro atoms. The van der Waals surface area contributed by atoms with Gasteiger partial charge in [0, 0.05) is 12.7 Å². The molecule has 0 bridgehead atoms. The van der Waals surface area contributed by atoms with Crippen molar-refractivity contribution >= 4 is 11.9 Å². The molecule has 0 radical (unpaired) electrons. The van der Waals surface area contributed by atoms with Crippen molar-refractivity contribution in [3.8, 4) is 11.5 Å². The second-order valence-electron chi connectivity index (χ2n) is 5.07. The fourth-order valence-corrected chi connectivity index (χ4v) is 2.10. The summed E-state index contributed by atoms with van der Waals surface area (Å²) in [6.07, 6.45) is 3.35. The summed E-state index contributed by atoms with van der Waals surface area (Å²) in [6.45, 7) is 3.57. The Bertz CT molecular complexity index is 674. The van der Waals surface area contributed by atoms with Gasteiger partial charge in [0.05, 0.1) is 13.2 Å². The highest BCUT2D eigenvalue weighted by Gasteiger charge is 2.02. The minimum absolute atomic E-state index is 0.0553. The average Bonchev–Trinajstić information content (AvgIpc) is 2.61. The minimum Gasteiger partial charge on any atom is -0.494 e. The van der Waals surface area contributed by atoms with Crippen LogP contribution >= 0.6 is 0 Å². The number of benzene rings is 2. The Balaban J connectivity index is 1.97. The molecule has 0 amide bonds. The van der Waals surface area contributed by atoms with E-state index >= 15 is 0 Å². The van der Waals surface area contributed by atoms with Gasteiger partial charge < -0.3 is 14.2 Å². The first-order valence-corrected chi connectivity index (χ1v) is 7.90. The van der Waals surface area contributed by atoms with Gasteiger partial charge in [0.1, 0.15) is 18.1 Å². The predicted molar refractivity (Wildman–Crippen MR) is 94.8 cm³/mol. The van der Waals surface area contributed by atoms with Crippen LogP contribution in [0.3, 0.4) is 0 Å². The lowest BCUT2D eigenvalue weighted by atomic mass is 10.1. The van der Waals surface area contributed by atoms with Gasteiger partial charge in [-0.05, 0) is 55.0 Å². The summed E-state index contributed by atoms with van der Waals surface area (Å²) < 4.78 is 15.9. The van der Waals surface area contributed by atoms with Crippen molar-refractivity contribution in [1.29, 1.82) is 0 Å². The Hall–Kier alpha value is -2.59. The molecule has 0 fully saturated rings. The number of ether oxygens (including phenoxy) is 3. The number of rotatable bonds is 9. The minimum atomic E-state index is -0.0553. The molecule has 0 saturated heterocycles. The number of carbonyl (C=O) groups excluding carboxylic acids is 1. The number of hydrogen-bond acceptors (Lipinski definition) is 4. The fourth-order valence-electron chi connectivity index (χ4n) is 2.10. The average molecular weight is 326 g/mol. The molecule has 2 rings (SSSR count). The van der Waals surface area contributed by atoms with Gasteiger partial charge in [0.15, 0.2) is 5.78 Å². The van der Waals surface area contributed by atoms with E-state index in [1.807, 2.05) is 31.2 Å². The Morgan fingerprint density at radius 2 is 1.79 bits per heavy atom. The smallest absolute Gasteiger partial charge is 0.185 e. The standard InChI is InChI=1S/C20H22O4/c1-3-23-19-6-4-5-16(15-19)7-12-20(21)17-8-10-18(11-9-17)24-14-13-22-2/h4-12,15H,3,13-14H2,1-2H3. The molecule has 0 N–H and O–H groups in total. The van der Waals surface area contributed by atoms with Gasteiger partial charge in [0.25, 0.3) is 0 Å². The maximum atomic E-state index is 12.2. The molecule has 0 aromatic heterocycles. The van der Waals surface area contributed by atoms with E-state index in [-0.39, 0.29) is 5.78 Å². The first-order chi connectivity index (χ1) is 11.7. The quantitative estimate of drug-likeness (QED) is 0.397. The second kappa shape index (κ2) is 9.53. The number of methoxy groups -OCH3 is 1. The van der Waals surface area contributed by atoms with Crippen molar-refractivity contribution < 1.29 is 19.0 Å². The number of hydrogen-bond donors (Lipinski definition) is 0. The molecule has 2 aromatic rings. The van der Waals surface area contributed by atoms with E-state index in [1.165, 1.54) is 0 Å². The lowest BCUT2D eigenvalue weighted by molar-refractivity contribution is 0.104. The third kappa shape index (κ3) is 5.56. The second-order valence-corrected chi connectivity index (χ2v) is 5.07. The van der Waals surface area contributed by atoms with E-state index < -0.39 is 0 Å². The maximum Gasteiger partial charge on any atom is 0.185 e. The number of carbonyl (C=O) groups is 1. The van der Waals surface area contributed by atoms with Crippen LogP contribution in [0.15, 0.2) is 54.6 Å². The summed E-state index contributed by atoms with van der Waals surface area (Å²) in [5, 5.41) is 0. The van der Waals surface area contributed by atoms with Crippen LogP contribution in [0.5, 0.6) is 11.5 Å². The predicted octanol–water partition coefficient (Wildman–Crippen LogP) is 4.01. The Morgan fingerprint density at radius 1 is 1.00 bits per heavy atom. The summed E-state index contributed by atoms with van der Waals surface area (Å²) in [7, 11) is 1.63. The summed E-state index contributed by atoms with van der Waals surface area (Å²) in [6, 6.07) is 14.7. The number of ketones is 1. The van der Waals surface area contributed by atoms with Gasteiger partial charge in [-0.2, -0.15) is 0 Å². The third-order valence-electron chi connectivity index (χ3n) is 3.29. The van der Waals surface area contributed by atoms with Crippen molar-refractivity contribution in [1.82, 2.24) is 0 Å². The van der Waals surface area contributed by atoms with Gasteiger partial charge in [-0.1, -0.05) is 18.2 Å². The molecular formula is C20H22O4. The lowest BCUT2D eigenvalue weighted by Gasteiger charge is -2.05. The van der Waals surface area contributed by atoms with Crippen molar-refractivity contribution in [3.63, 3.8) is 0 Å². The lowest BCUT2D eigenvalue weighted by Crippen LogP contribution is -2.04. The van der Waals surface area contributed by atoms with Crippen LogP contribution in [0.1, 0.15) is 22.8 Å². The summed E-state index contributed by atoms with van der Waals surface area (Å²) >= 11 is 0. The fraction of sp³-hybridized carbons (Fsp3) is 0.250. The normalized spacial score (nSPS) is 10.8. The zero-order chi connectivity index (χ0) is 17.2. The molecule has 24 heavy (non-hydrogen) atoms. The summed E-state index contributed by atoms with van der Waals surface area (Å²) in [4.78, 5) is 12.2. The molecule has 0 unspecified atom stereocenters. The largest absolute Gasteiger partial charge is 0.494 e. The highest BCUT2D eigenvalue weighted by molar-refractivity contribution is 6.06. The maximum absolute atomic E-state index is 12.2. The molecule has 0 saturated carbocycles. The van der Waals surface area contributed by atoms with Crippen LogP contribution in [0.2, 0.25) is 0 Å². The van der Waals surface area contributed by atoms with Gasteiger partial charge in [-0.15, -0.1) is 0 Å². The van der Waals surface area contributed by atoms with Gasteiger partial charge >= 0.3 is 0 Å². The van der Waals surface area contributed by atoms with Crippen LogP contribution in [-0.4, -0.2) is 32.7 Å². The van der Waals surface area contributed by atoms with Gasteiger partial charge in [-0.3, -0.25) is 4.79 Å². The van der Waals surface area contributed by atoms with E-state index in [1.54, 1.807) is 43.5 Å². The SMILES string of the molecule is CCOc1cccc(C=CC(=O)c2ccc(OCCOC)cc2)c1. The molecule has 2 aromatic carbocycles. The van der Waals surface area contributed by atoms with E-state index in [0.717, 1.165) is 17.1 Å². The zero-order valence-electron chi connectivity index (χ0n) is 14.0. The Kier molecular flexibility index (Phi) is 7.05. The van der Waals surface area contributed by atoms with Crippen molar-refractivity contribution in [2.45, 2.75) is 6.92 Å². The molecule has 0 aliphatic carbocycles. The zero-order valence-corrected chi connectivity index (χ0v) is 14.0. The van der Waals surface area contributed by atoms with Crippen LogP contribution in [0.25, 0.3) is 6.08 Å². The molecule has 0 atom stereocenters. The van der Waals surface area contributed by atoms with Crippen molar-refractivity contribution in [2.24, 2.45) is 0 Å². The van der Waals surface area contributed by atoms with E-state index in [4.69, 9.17) is 14.2 Å². The van der Waals surface area contributed by atoms with E-state index in [0.29, 0.717) is 25.4 Å². The molecule has 0 aliphatic heterocycles. The van der Waals surface area contributed by atoms with Crippen LogP contribution < -0.4 is 9.47 Å². The Labute approximate surface area is 142 Å². The topological polar surface area (TPSA) is 44.8 Å². The van der Waals surface area contributed by atoms with E-state index in [2.05, 4.69) is 0 Å². The molecule has 4 heteroatoms. The van der Waals surface area contributed by atoms with Gasteiger partial charge in [-0.25, -0.2) is 0 Å². The molecule has 4 nitrogen and oxygen atoms in total. The molecule has 0 heterocycles. The summed E-state index contributed by atoms with van der Waals surface area (Å²) in [5.41, 5.74) is 1.54. The van der Waals surface area contributed by atoms with E-state index in [9.17, 15) is 4.79 Å². The first-order valence-electron chi connectivity index (χ1n) is 7.90. The molecule has 126 valence electrons. The van der Waals surface area contributed by atoms with Crippen LogP contribution in [0.4, 0.5) is 0 Å². The summed E-state index contributed by atoms with van der Waals surface area (Å²) in [5.74, 6) is 1.46. The van der Waals surface area contributed by atoms with Crippen molar-refractivity contribution in [3.05, 3.63) is 65.7 Å². The Morgan fingerprint density at radius 3 is 2.50 bits per heavy atom. The van der Waals surface area contributed by atoms with Gasteiger partial charge in [0.2, 0.25) is 0 Å². The molecule has 0 aliphatic rings. The first kappa shape index (κ1) is 17.8. The highest BCUT2D eigenvalue weighted by atomic mass is 16.5. The van der Waals surface area contributed by atoms with Crippen molar-refractivity contribution in [2.75, 3.05) is 26.9 Å². The third-order valence-corrected chi connectivity index (χ3v) is 3.29. The monoisotopic (exact) mass is 326 g/mol.